The first-order valence-electron chi connectivity index (χ1n) is 10.2. The van der Waals surface area contributed by atoms with Crippen LogP contribution in [0.3, 0.4) is 0 Å². The average molecular weight is 447 g/mol. The van der Waals surface area contributed by atoms with E-state index in [1.807, 2.05) is 11.6 Å². The number of amides is 1. The maximum Gasteiger partial charge on any atom is 0.243 e. The highest BCUT2D eigenvalue weighted by atomic mass is 32.2. The zero-order valence-corrected chi connectivity index (χ0v) is 19.0. The minimum atomic E-state index is -3.58. The summed E-state index contributed by atoms with van der Waals surface area (Å²) >= 11 is 0. The quantitative estimate of drug-likeness (QED) is 0.532. The second-order valence-corrected chi connectivity index (χ2v) is 9.17. The second kappa shape index (κ2) is 9.15. The van der Waals surface area contributed by atoms with Gasteiger partial charge in [-0.15, -0.1) is 0 Å². The van der Waals surface area contributed by atoms with Crippen LogP contribution in [-0.4, -0.2) is 48.3 Å². The summed E-state index contributed by atoms with van der Waals surface area (Å²) in [7, 11) is -0.211. The Hall–Kier alpha value is -2.78. The second-order valence-electron chi connectivity index (χ2n) is 7.23. The number of carbonyl (C=O) groups is 1. The molecule has 7 nitrogen and oxygen atoms in total. The third-order valence-corrected chi connectivity index (χ3v) is 7.48. The van der Waals surface area contributed by atoms with Gasteiger partial charge in [0.05, 0.1) is 21.6 Å². The van der Waals surface area contributed by atoms with E-state index in [9.17, 15) is 17.6 Å². The minimum absolute atomic E-state index is 0.145. The Morgan fingerprint density at radius 2 is 1.81 bits per heavy atom. The molecule has 0 radical (unpaired) electrons. The normalized spacial score (nSPS) is 11.9. The lowest BCUT2D eigenvalue weighted by molar-refractivity contribution is -0.118. The highest BCUT2D eigenvalue weighted by molar-refractivity contribution is 7.89. The summed E-state index contributed by atoms with van der Waals surface area (Å²) in [5.41, 5.74) is 1.56. The van der Waals surface area contributed by atoms with Crippen molar-refractivity contribution < 1.29 is 17.6 Å². The molecule has 1 aromatic heterocycles. The van der Waals surface area contributed by atoms with E-state index in [-0.39, 0.29) is 22.9 Å². The largest absolute Gasteiger partial charge is 0.331 e. The molecule has 0 saturated carbocycles. The Labute approximate surface area is 182 Å². The van der Waals surface area contributed by atoms with Gasteiger partial charge >= 0.3 is 0 Å². The van der Waals surface area contributed by atoms with E-state index in [0.29, 0.717) is 30.9 Å². The van der Waals surface area contributed by atoms with Gasteiger partial charge in [-0.1, -0.05) is 26.0 Å². The smallest absolute Gasteiger partial charge is 0.243 e. The number of hydrogen-bond donors (Lipinski definition) is 0. The third-order valence-electron chi connectivity index (χ3n) is 5.44. The number of fused-ring (bicyclic) bond motifs is 1. The molecular formula is C22H27FN4O3S. The number of anilines is 1. The highest BCUT2D eigenvalue weighted by Crippen LogP contribution is 2.23. The fraction of sp³-hybridized carbons (Fsp3) is 0.364. The van der Waals surface area contributed by atoms with E-state index >= 15 is 0 Å². The van der Waals surface area contributed by atoms with Crippen LogP contribution >= 0.6 is 0 Å². The molecule has 0 aliphatic rings. The summed E-state index contributed by atoms with van der Waals surface area (Å²) < 4.78 is 42.8. The summed E-state index contributed by atoms with van der Waals surface area (Å²) in [6.07, 6.45) is 0.494. The molecule has 0 atom stereocenters. The highest BCUT2D eigenvalue weighted by Gasteiger charge is 2.23. The van der Waals surface area contributed by atoms with Gasteiger partial charge in [0.15, 0.2) is 0 Å². The van der Waals surface area contributed by atoms with Crippen LogP contribution in [-0.2, 0) is 28.3 Å². The van der Waals surface area contributed by atoms with Gasteiger partial charge in [0, 0.05) is 40.0 Å². The topological polar surface area (TPSA) is 75.5 Å². The number of carbonyl (C=O) groups excluding carboxylic acids is 1. The van der Waals surface area contributed by atoms with Gasteiger partial charge in [-0.3, -0.25) is 4.79 Å². The molecule has 166 valence electrons. The first-order valence-corrected chi connectivity index (χ1v) is 11.6. The van der Waals surface area contributed by atoms with E-state index < -0.39 is 15.8 Å². The number of rotatable bonds is 8. The van der Waals surface area contributed by atoms with E-state index in [1.165, 1.54) is 15.3 Å². The van der Waals surface area contributed by atoms with Gasteiger partial charge in [-0.25, -0.2) is 17.8 Å². The molecule has 1 heterocycles. The number of aromatic nitrogens is 2. The Kier molecular flexibility index (Phi) is 6.76. The fourth-order valence-corrected chi connectivity index (χ4v) is 5.05. The number of hydrogen-bond acceptors (Lipinski definition) is 4. The van der Waals surface area contributed by atoms with Gasteiger partial charge < -0.3 is 9.47 Å². The summed E-state index contributed by atoms with van der Waals surface area (Å²) in [5.74, 6) is -0.0346. The van der Waals surface area contributed by atoms with E-state index in [2.05, 4.69) is 4.98 Å². The van der Waals surface area contributed by atoms with Crippen LogP contribution in [0.2, 0.25) is 0 Å². The number of nitrogens with zero attached hydrogens (tertiary/aromatic N) is 4. The Bertz CT molecular complexity index is 1200. The molecule has 31 heavy (non-hydrogen) atoms. The Morgan fingerprint density at radius 3 is 2.45 bits per heavy atom. The van der Waals surface area contributed by atoms with Crippen molar-refractivity contribution in [1.82, 2.24) is 13.9 Å². The van der Waals surface area contributed by atoms with Crippen LogP contribution < -0.4 is 4.90 Å². The summed E-state index contributed by atoms with van der Waals surface area (Å²) in [5, 5.41) is 0. The predicted molar refractivity (Wildman–Crippen MR) is 119 cm³/mol. The zero-order valence-electron chi connectivity index (χ0n) is 18.2. The molecule has 2 aromatic carbocycles. The molecule has 0 spiro atoms. The maximum atomic E-state index is 13.9. The number of benzene rings is 2. The van der Waals surface area contributed by atoms with Gasteiger partial charge in [0.25, 0.3) is 0 Å². The molecule has 0 N–H and O–H groups in total. The first-order chi connectivity index (χ1) is 14.7. The maximum absolute atomic E-state index is 13.9. The van der Waals surface area contributed by atoms with Gasteiger partial charge in [-0.05, 0) is 30.3 Å². The van der Waals surface area contributed by atoms with Crippen molar-refractivity contribution in [3.63, 3.8) is 0 Å². The SMILES string of the molecule is CCN(CC)S(=O)(=O)c1ccc2c(c1)nc(CCC(=O)N(C)c1ccccc1F)n2C. The van der Waals surface area contributed by atoms with Gasteiger partial charge in [0.1, 0.15) is 11.6 Å². The molecule has 0 unspecified atom stereocenters. The summed E-state index contributed by atoms with van der Waals surface area (Å²) in [6, 6.07) is 11.0. The zero-order chi connectivity index (χ0) is 22.8. The lowest BCUT2D eigenvalue weighted by atomic mass is 10.2. The number of aryl methyl sites for hydroxylation is 2. The van der Waals surface area contributed by atoms with Crippen LogP contribution in [0.4, 0.5) is 10.1 Å². The summed E-state index contributed by atoms with van der Waals surface area (Å²) in [6.45, 7) is 4.38. The van der Waals surface area contributed by atoms with E-state index in [4.69, 9.17) is 0 Å². The first kappa shape index (κ1) is 22.9. The molecular weight excluding hydrogens is 419 g/mol. The van der Waals surface area contributed by atoms with Crippen molar-refractivity contribution in [2.45, 2.75) is 31.6 Å². The van der Waals surface area contributed by atoms with Crippen LogP contribution in [0.25, 0.3) is 11.0 Å². The van der Waals surface area contributed by atoms with Crippen molar-refractivity contribution in [1.29, 1.82) is 0 Å². The minimum Gasteiger partial charge on any atom is -0.331 e. The molecule has 0 fully saturated rings. The van der Waals surface area contributed by atoms with Crippen molar-refractivity contribution in [3.8, 4) is 0 Å². The van der Waals surface area contributed by atoms with Crippen molar-refractivity contribution in [3.05, 3.63) is 54.1 Å². The Balaban J connectivity index is 1.81. The predicted octanol–water partition coefficient (Wildman–Crippen LogP) is 3.34. The molecule has 9 heteroatoms. The monoisotopic (exact) mass is 446 g/mol. The van der Waals surface area contributed by atoms with Crippen LogP contribution in [0.5, 0.6) is 0 Å². The Morgan fingerprint density at radius 1 is 1.13 bits per heavy atom. The van der Waals surface area contributed by atoms with Gasteiger partial charge in [-0.2, -0.15) is 4.31 Å². The fourth-order valence-electron chi connectivity index (χ4n) is 3.57. The van der Waals surface area contributed by atoms with Crippen molar-refractivity contribution in [2.75, 3.05) is 25.0 Å². The van der Waals surface area contributed by atoms with Crippen molar-refractivity contribution >= 4 is 32.7 Å². The number of halogens is 1. The van der Waals surface area contributed by atoms with Gasteiger partial charge in [0.2, 0.25) is 15.9 Å². The molecule has 1 amide bonds. The average Bonchev–Trinajstić information content (AvgIpc) is 3.07. The number of sulfonamides is 1. The molecule has 0 aliphatic carbocycles. The molecule has 0 saturated heterocycles. The van der Waals surface area contributed by atoms with Crippen LogP contribution in [0.1, 0.15) is 26.1 Å². The third kappa shape index (κ3) is 4.47. The van der Waals surface area contributed by atoms with E-state index in [0.717, 1.165) is 5.52 Å². The molecule has 0 bridgehead atoms. The van der Waals surface area contributed by atoms with Crippen molar-refractivity contribution in [2.24, 2.45) is 7.05 Å². The molecule has 0 aliphatic heterocycles. The van der Waals surface area contributed by atoms with Crippen LogP contribution in [0.15, 0.2) is 47.4 Å². The molecule has 3 rings (SSSR count). The molecule has 3 aromatic rings. The lowest BCUT2D eigenvalue weighted by Crippen LogP contribution is -2.30. The number of imidazole rings is 1. The lowest BCUT2D eigenvalue weighted by Gasteiger charge is -2.18. The van der Waals surface area contributed by atoms with E-state index in [1.54, 1.807) is 57.3 Å². The summed E-state index contributed by atoms with van der Waals surface area (Å²) in [4.78, 5) is 18.6. The van der Waals surface area contributed by atoms with Crippen LogP contribution in [0, 0.1) is 5.82 Å². The standard InChI is InChI=1S/C22H27FN4O3S/c1-5-27(6-2)31(29,30)16-11-12-20-18(15-16)24-21(25(20)3)13-14-22(28)26(4)19-10-8-7-9-17(19)23/h7-12,15H,5-6,13-14H2,1-4H3. The number of para-hydroxylation sites is 1.